The van der Waals surface area contributed by atoms with Gasteiger partial charge in [0.2, 0.25) is 5.95 Å². The quantitative estimate of drug-likeness (QED) is 0.789. The summed E-state index contributed by atoms with van der Waals surface area (Å²) in [5, 5.41) is 8.71. The lowest BCUT2D eigenvalue weighted by atomic mass is 10.3. The molecule has 18 heavy (non-hydrogen) atoms. The summed E-state index contributed by atoms with van der Waals surface area (Å²) in [4.78, 5) is 23.2. The molecule has 6 nitrogen and oxygen atoms in total. The number of nitrogens with zero attached hydrogens (tertiary/aromatic N) is 4. The highest BCUT2D eigenvalue weighted by Crippen LogP contribution is 2.13. The molecule has 1 aliphatic rings. The molecule has 6 heteroatoms. The first-order chi connectivity index (χ1) is 8.66. The summed E-state index contributed by atoms with van der Waals surface area (Å²) in [7, 11) is 0. The van der Waals surface area contributed by atoms with E-state index >= 15 is 0 Å². The van der Waals surface area contributed by atoms with E-state index < -0.39 is 5.97 Å². The molecule has 1 N–H and O–H groups in total. The minimum atomic E-state index is -0.902. The second-order valence-electron chi connectivity index (χ2n) is 4.15. The van der Waals surface area contributed by atoms with Crippen LogP contribution < -0.4 is 4.90 Å². The van der Waals surface area contributed by atoms with Gasteiger partial charge in [0.25, 0.3) is 0 Å². The van der Waals surface area contributed by atoms with Crippen LogP contribution in [0.4, 0.5) is 5.95 Å². The van der Waals surface area contributed by atoms with Gasteiger partial charge >= 0.3 is 5.97 Å². The fourth-order valence-electron chi connectivity index (χ4n) is 1.98. The van der Waals surface area contributed by atoms with Crippen LogP contribution in [0.2, 0.25) is 0 Å². The van der Waals surface area contributed by atoms with Crippen molar-refractivity contribution in [3.05, 3.63) is 30.2 Å². The second kappa shape index (κ2) is 5.48. The Balaban J connectivity index is 1.94. The van der Waals surface area contributed by atoms with Crippen LogP contribution in [-0.4, -0.2) is 52.1 Å². The summed E-state index contributed by atoms with van der Waals surface area (Å²) >= 11 is 0. The van der Waals surface area contributed by atoms with Gasteiger partial charge in [0, 0.05) is 50.3 Å². The van der Waals surface area contributed by atoms with E-state index in [4.69, 9.17) is 5.11 Å². The van der Waals surface area contributed by atoms with Crippen molar-refractivity contribution in [3.63, 3.8) is 0 Å². The Morgan fingerprint density at radius 1 is 1.28 bits per heavy atom. The minimum Gasteiger partial charge on any atom is -0.478 e. The maximum absolute atomic E-state index is 10.6. The summed E-state index contributed by atoms with van der Waals surface area (Å²) in [6.45, 7) is 4.99. The second-order valence-corrected chi connectivity index (χ2v) is 4.15. The molecule has 1 aliphatic heterocycles. The number of aliphatic carboxylic acids is 1. The highest BCUT2D eigenvalue weighted by Gasteiger charge is 2.18. The molecule has 0 saturated carbocycles. The predicted octanol–water partition coefficient (Wildman–Crippen LogP) is 0.587. The van der Waals surface area contributed by atoms with E-state index in [1.807, 2.05) is 6.92 Å². The first-order valence-corrected chi connectivity index (χ1v) is 5.85. The summed E-state index contributed by atoms with van der Waals surface area (Å²) in [6, 6.07) is 1.79. The van der Waals surface area contributed by atoms with Crippen molar-refractivity contribution in [2.24, 2.45) is 0 Å². The molecule has 0 unspecified atom stereocenters. The van der Waals surface area contributed by atoms with E-state index in [9.17, 15) is 4.79 Å². The summed E-state index contributed by atoms with van der Waals surface area (Å²) in [5.41, 5.74) is 0.788. The lowest BCUT2D eigenvalue weighted by Gasteiger charge is -2.36. The third kappa shape index (κ3) is 2.97. The molecule has 2 rings (SSSR count). The molecule has 0 amide bonds. The highest BCUT2D eigenvalue weighted by molar-refractivity contribution is 5.80. The SMILES string of the molecule is C/C(=C/C(=O)O)N1CCN(c2ncccn2)CC1. The molecular weight excluding hydrogens is 232 g/mol. The van der Waals surface area contributed by atoms with Gasteiger partial charge in [-0.15, -0.1) is 0 Å². The number of rotatable bonds is 3. The van der Waals surface area contributed by atoms with Gasteiger partial charge in [0.15, 0.2) is 0 Å². The normalized spacial score (nSPS) is 16.8. The van der Waals surface area contributed by atoms with Crippen molar-refractivity contribution in [2.45, 2.75) is 6.92 Å². The lowest BCUT2D eigenvalue weighted by molar-refractivity contribution is -0.131. The third-order valence-electron chi connectivity index (χ3n) is 2.95. The summed E-state index contributed by atoms with van der Waals surface area (Å²) < 4.78 is 0. The van der Waals surface area contributed by atoms with Crippen LogP contribution in [0.5, 0.6) is 0 Å². The molecule has 2 heterocycles. The number of anilines is 1. The Labute approximate surface area is 106 Å². The van der Waals surface area contributed by atoms with Crippen molar-refractivity contribution < 1.29 is 9.90 Å². The maximum atomic E-state index is 10.6. The molecule has 1 aromatic rings. The number of piperazine rings is 1. The zero-order chi connectivity index (χ0) is 13.0. The van der Waals surface area contributed by atoms with Crippen molar-refractivity contribution >= 4 is 11.9 Å². The van der Waals surface area contributed by atoms with Gasteiger partial charge in [-0.1, -0.05) is 0 Å². The molecule has 1 fully saturated rings. The van der Waals surface area contributed by atoms with Crippen molar-refractivity contribution in [1.82, 2.24) is 14.9 Å². The van der Waals surface area contributed by atoms with Gasteiger partial charge in [0.1, 0.15) is 0 Å². The van der Waals surface area contributed by atoms with Crippen LogP contribution in [0.15, 0.2) is 30.2 Å². The zero-order valence-electron chi connectivity index (χ0n) is 10.3. The van der Waals surface area contributed by atoms with Gasteiger partial charge in [-0.2, -0.15) is 0 Å². The number of carboxylic acids is 1. The number of carboxylic acid groups (broad SMARTS) is 1. The molecule has 1 saturated heterocycles. The zero-order valence-corrected chi connectivity index (χ0v) is 10.3. The maximum Gasteiger partial charge on any atom is 0.330 e. The van der Waals surface area contributed by atoms with Gasteiger partial charge < -0.3 is 14.9 Å². The molecule has 0 spiro atoms. The van der Waals surface area contributed by atoms with Crippen LogP contribution in [0, 0.1) is 0 Å². The Hall–Kier alpha value is -2.11. The number of allylic oxidation sites excluding steroid dienone is 1. The number of hydrogen-bond donors (Lipinski definition) is 1. The van der Waals surface area contributed by atoms with Crippen LogP contribution in [0.25, 0.3) is 0 Å². The Kier molecular flexibility index (Phi) is 3.76. The Morgan fingerprint density at radius 3 is 2.44 bits per heavy atom. The van der Waals surface area contributed by atoms with Gasteiger partial charge in [-0.25, -0.2) is 14.8 Å². The molecule has 96 valence electrons. The van der Waals surface area contributed by atoms with E-state index in [-0.39, 0.29) is 0 Å². The van der Waals surface area contributed by atoms with Gasteiger partial charge in [0.05, 0.1) is 0 Å². The molecule has 0 atom stereocenters. The number of hydrogen-bond acceptors (Lipinski definition) is 5. The van der Waals surface area contributed by atoms with E-state index in [0.717, 1.165) is 37.8 Å². The number of carbonyl (C=O) groups is 1. The topological polar surface area (TPSA) is 69.6 Å². The Bertz CT molecular complexity index is 439. The van der Waals surface area contributed by atoms with Crippen LogP contribution in [0.1, 0.15) is 6.92 Å². The summed E-state index contributed by atoms with van der Waals surface area (Å²) in [5.74, 6) is -0.168. The van der Waals surface area contributed by atoms with Crippen LogP contribution in [-0.2, 0) is 4.79 Å². The average Bonchev–Trinajstić information content (AvgIpc) is 2.39. The molecular formula is C12H16N4O2. The smallest absolute Gasteiger partial charge is 0.330 e. The predicted molar refractivity (Wildman–Crippen MR) is 67.2 cm³/mol. The van der Waals surface area contributed by atoms with Gasteiger partial charge in [-0.3, -0.25) is 0 Å². The van der Waals surface area contributed by atoms with E-state index in [2.05, 4.69) is 19.8 Å². The largest absolute Gasteiger partial charge is 0.478 e. The molecule has 0 radical (unpaired) electrons. The molecule has 0 aromatic carbocycles. The van der Waals surface area contributed by atoms with E-state index in [1.165, 1.54) is 6.08 Å². The standard InChI is InChI=1S/C12H16N4O2/c1-10(9-11(17)18)15-5-7-16(8-6-15)12-13-3-2-4-14-12/h2-4,9H,5-8H2,1H3,(H,17,18)/b10-9-. The van der Waals surface area contributed by atoms with Gasteiger partial charge in [-0.05, 0) is 13.0 Å². The highest BCUT2D eigenvalue weighted by atomic mass is 16.4. The molecule has 0 bridgehead atoms. The van der Waals surface area contributed by atoms with Crippen LogP contribution in [0.3, 0.4) is 0 Å². The average molecular weight is 248 g/mol. The Morgan fingerprint density at radius 2 is 1.89 bits per heavy atom. The monoisotopic (exact) mass is 248 g/mol. The molecule has 1 aromatic heterocycles. The van der Waals surface area contributed by atoms with Crippen molar-refractivity contribution in [3.8, 4) is 0 Å². The minimum absolute atomic E-state index is 0.733. The van der Waals surface area contributed by atoms with E-state index in [0.29, 0.717) is 0 Å². The van der Waals surface area contributed by atoms with E-state index in [1.54, 1.807) is 18.5 Å². The van der Waals surface area contributed by atoms with Crippen LogP contribution >= 0.6 is 0 Å². The number of aromatic nitrogens is 2. The lowest BCUT2D eigenvalue weighted by Crippen LogP contribution is -2.46. The van der Waals surface area contributed by atoms with Crippen molar-refractivity contribution in [2.75, 3.05) is 31.1 Å². The van der Waals surface area contributed by atoms with Crippen molar-refractivity contribution in [1.29, 1.82) is 0 Å². The first-order valence-electron chi connectivity index (χ1n) is 5.85. The fourth-order valence-corrected chi connectivity index (χ4v) is 1.98. The molecule has 0 aliphatic carbocycles. The fraction of sp³-hybridized carbons (Fsp3) is 0.417. The summed E-state index contributed by atoms with van der Waals surface area (Å²) in [6.07, 6.45) is 4.70. The third-order valence-corrected chi connectivity index (χ3v) is 2.95. The first kappa shape index (κ1) is 12.3.